The van der Waals surface area contributed by atoms with Crippen molar-refractivity contribution in [1.82, 2.24) is 15.1 Å². The van der Waals surface area contributed by atoms with Crippen LogP contribution in [0.5, 0.6) is 0 Å². The molecule has 0 atom stereocenters. The molecule has 0 unspecified atom stereocenters. The van der Waals surface area contributed by atoms with Crippen molar-refractivity contribution in [3.63, 3.8) is 0 Å². The van der Waals surface area contributed by atoms with Gasteiger partial charge in [-0.15, -0.1) is 0 Å². The second kappa shape index (κ2) is 7.58. The van der Waals surface area contributed by atoms with E-state index in [1.54, 1.807) is 24.3 Å². The Labute approximate surface area is 155 Å². The van der Waals surface area contributed by atoms with E-state index in [4.69, 9.17) is 10.5 Å². The van der Waals surface area contributed by atoms with E-state index >= 15 is 0 Å². The molecule has 9 heteroatoms. The predicted octanol–water partition coefficient (Wildman–Crippen LogP) is 0.725. The minimum absolute atomic E-state index is 0.0103. The molecule has 2 aromatic rings. The maximum absolute atomic E-state index is 12.7. The fraction of sp³-hybridized carbons (Fsp3) is 0.333. The fourth-order valence-corrected chi connectivity index (χ4v) is 3.14. The third kappa shape index (κ3) is 4.14. The van der Waals surface area contributed by atoms with Crippen molar-refractivity contribution in [1.29, 1.82) is 0 Å². The fourth-order valence-electron chi connectivity index (χ4n) is 3.14. The lowest BCUT2D eigenvalue weighted by atomic mass is 9.86. The van der Waals surface area contributed by atoms with Crippen molar-refractivity contribution in [2.45, 2.75) is 24.8 Å². The first-order valence-electron chi connectivity index (χ1n) is 8.48. The summed E-state index contributed by atoms with van der Waals surface area (Å²) in [6.07, 6.45) is 0.546. The molecule has 0 radical (unpaired) electrons. The van der Waals surface area contributed by atoms with E-state index in [0.717, 1.165) is 0 Å². The van der Waals surface area contributed by atoms with Gasteiger partial charge in [-0.2, -0.15) is 5.10 Å². The van der Waals surface area contributed by atoms with Crippen LogP contribution in [0.4, 0.5) is 0 Å². The number of hydrogen-bond acceptors (Lipinski definition) is 5. The van der Waals surface area contributed by atoms with Crippen LogP contribution in [0.1, 0.15) is 40.2 Å². The molecular formula is C18H20N4O5. The number of primary amides is 1. The van der Waals surface area contributed by atoms with Gasteiger partial charge in [0.15, 0.2) is 5.69 Å². The van der Waals surface area contributed by atoms with E-state index in [1.807, 2.05) is 6.07 Å². The second-order valence-electron chi connectivity index (χ2n) is 6.44. The summed E-state index contributed by atoms with van der Waals surface area (Å²) in [5.74, 6) is -2.29. The summed E-state index contributed by atoms with van der Waals surface area (Å²) >= 11 is 0. The topological polar surface area (TPSA) is 137 Å². The number of carboxylic acids is 1. The maximum atomic E-state index is 12.7. The Bertz CT molecular complexity index is 856. The van der Waals surface area contributed by atoms with Gasteiger partial charge in [-0.3, -0.25) is 14.4 Å². The lowest BCUT2D eigenvalue weighted by Gasteiger charge is -2.36. The van der Waals surface area contributed by atoms with Gasteiger partial charge in [0, 0.05) is 19.3 Å². The van der Waals surface area contributed by atoms with Crippen molar-refractivity contribution in [3.05, 3.63) is 47.8 Å². The molecule has 9 nitrogen and oxygen atoms in total. The van der Waals surface area contributed by atoms with Crippen LogP contribution in [0, 0.1) is 0 Å². The van der Waals surface area contributed by atoms with Gasteiger partial charge in [0.05, 0.1) is 17.6 Å². The lowest BCUT2D eigenvalue weighted by molar-refractivity contribution is -0.139. The van der Waals surface area contributed by atoms with E-state index in [-0.39, 0.29) is 17.8 Å². The minimum atomic E-state index is -1.01. The van der Waals surface area contributed by atoms with Crippen LogP contribution in [-0.2, 0) is 9.53 Å². The second-order valence-corrected chi connectivity index (χ2v) is 6.44. The standard InChI is InChI=1S/C18H20N4O5/c19-16(25)14-10-13(21-22(14)12-4-2-1-3-5-12)17(26)20-18(11-15(23)24)6-8-27-9-7-18/h1-5,10H,6-9,11H2,(H2,19,25)(H,20,26)(H,23,24). The number of amides is 2. The van der Waals surface area contributed by atoms with Gasteiger partial charge in [-0.25, -0.2) is 4.68 Å². The highest BCUT2D eigenvalue weighted by atomic mass is 16.5. The molecule has 1 aromatic heterocycles. The summed E-state index contributed by atoms with van der Waals surface area (Å²) in [7, 11) is 0. The van der Waals surface area contributed by atoms with E-state index < -0.39 is 23.3 Å². The van der Waals surface area contributed by atoms with Crippen molar-refractivity contribution in [2.24, 2.45) is 5.73 Å². The molecule has 0 bridgehead atoms. The number of para-hydroxylation sites is 1. The van der Waals surface area contributed by atoms with E-state index in [0.29, 0.717) is 31.7 Å². The smallest absolute Gasteiger partial charge is 0.305 e. The largest absolute Gasteiger partial charge is 0.481 e. The number of nitrogens with zero attached hydrogens (tertiary/aromatic N) is 2. The monoisotopic (exact) mass is 372 g/mol. The van der Waals surface area contributed by atoms with Gasteiger partial charge in [0.1, 0.15) is 5.69 Å². The van der Waals surface area contributed by atoms with Crippen molar-refractivity contribution < 1.29 is 24.2 Å². The summed E-state index contributed by atoms with van der Waals surface area (Å²) in [4.78, 5) is 35.8. The summed E-state index contributed by atoms with van der Waals surface area (Å²) in [6, 6.07) is 10.1. The molecule has 1 fully saturated rings. The Morgan fingerprint density at radius 1 is 1.22 bits per heavy atom. The van der Waals surface area contributed by atoms with Crippen molar-refractivity contribution >= 4 is 17.8 Å². The number of benzene rings is 1. The van der Waals surface area contributed by atoms with E-state index in [9.17, 15) is 19.5 Å². The van der Waals surface area contributed by atoms with Crippen LogP contribution in [0.3, 0.4) is 0 Å². The summed E-state index contributed by atoms with van der Waals surface area (Å²) < 4.78 is 6.58. The van der Waals surface area contributed by atoms with Gasteiger partial charge >= 0.3 is 5.97 Å². The molecule has 27 heavy (non-hydrogen) atoms. The highest BCUT2D eigenvalue weighted by Crippen LogP contribution is 2.25. The predicted molar refractivity (Wildman–Crippen MR) is 94.6 cm³/mol. The average Bonchev–Trinajstić information content (AvgIpc) is 3.08. The Balaban J connectivity index is 1.90. The molecule has 4 N–H and O–H groups in total. The minimum Gasteiger partial charge on any atom is -0.481 e. The number of nitrogens with two attached hydrogens (primary N) is 1. The number of aliphatic carboxylic acids is 1. The first-order valence-corrected chi connectivity index (χ1v) is 8.48. The van der Waals surface area contributed by atoms with Crippen molar-refractivity contribution in [3.8, 4) is 5.69 Å². The number of carbonyl (C=O) groups excluding carboxylic acids is 2. The zero-order valence-electron chi connectivity index (χ0n) is 14.6. The molecular weight excluding hydrogens is 352 g/mol. The van der Waals surface area contributed by atoms with Gasteiger partial charge < -0.3 is 20.9 Å². The van der Waals surface area contributed by atoms with E-state index in [2.05, 4.69) is 10.4 Å². The van der Waals surface area contributed by atoms with Crippen molar-refractivity contribution in [2.75, 3.05) is 13.2 Å². The van der Waals surface area contributed by atoms with Gasteiger partial charge in [0.25, 0.3) is 11.8 Å². The van der Waals surface area contributed by atoms with Crippen LogP contribution in [0.2, 0.25) is 0 Å². The van der Waals surface area contributed by atoms with Crippen LogP contribution >= 0.6 is 0 Å². The van der Waals surface area contributed by atoms with Crippen LogP contribution < -0.4 is 11.1 Å². The quantitative estimate of drug-likeness (QED) is 0.683. The average molecular weight is 372 g/mol. The van der Waals surface area contributed by atoms with Gasteiger partial charge in [0.2, 0.25) is 0 Å². The molecule has 1 saturated heterocycles. The zero-order chi connectivity index (χ0) is 19.4. The maximum Gasteiger partial charge on any atom is 0.305 e. The SMILES string of the molecule is NC(=O)c1cc(C(=O)NC2(CC(=O)O)CCOCC2)nn1-c1ccccc1. The molecule has 2 heterocycles. The van der Waals surface area contributed by atoms with Crippen LogP contribution in [0.15, 0.2) is 36.4 Å². The Morgan fingerprint density at radius 2 is 1.89 bits per heavy atom. The molecule has 0 aliphatic carbocycles. The molecule has 3 rings (SSSR count). The molecule has 1 aliphatic heterocycles. The summed E-state index contributed by atoms with van der Waals surface area (Å²) in [6.45, 7) is 0.719. The third-order valence-corrected chi connectivity index (χ3v) is 4.51. The number of hydrogen-bond donors (Lipinski definition) is 3. The summed E-state index contributed by atoms with van der Waals surface area (Å²) in [5.41, 5.74) is 5.13. The van der Waals surface area contributed by atoms with Crippen LogP contribution in [0.25, 0.3) is 5.69 Å². The Morgan fingerprint density at radius 3 is 2.48 bits per heavy atom. The molecule has 2 amide bonds. The summed E-state index contributed by atoms with van der Waals surface area (Å²) in [5, 5.41) is 16.2. The first-order chi connectivity index (χ1) is 12.9. The third-order valence-electron chi connectivity index (χ3n) is 4.51. The number of nitrogens with one attached hydrogen (secondary N) is 1. The lowest BCUT2D eigenvalue weighted by Crippen LogP contribution is -2.53. The van der Waals surface area contributed by atoms with Gasteiger partial charge in [-0.05, 0) is 25.0 Å². The number of carboxylic acid groups (broad SMARTS) is 1. The first kappa shape index (κ1) is 18.6. The highest BCUT2D eigenvalue weighted by molar-refractivity contribution is 5.98. The number of carbonyl (C=O) groups is 3. The molecule has 142 valence electrons. The van der Waals surface area contributed by atoms with Gasteiger partial charge in [-0.1, -0.05) is 18.2 Å². The van der Waals surface area contributed by atoms with Crippen LogP contribution in [-0.4, -0.2) is 51.4 Å². The highest BCUT2D eigenvalue weighted by Gasteiger charge is 2.37. The Kier molecular flexibility index (Phi) is 5.22. The molecule has 1 aliphatic rings. The zero-order valence-corrected chi connectivity index (χ0v) is 14.6. The molecule has 0 saturated carbocycles. The molecule has 0 spiro atoms. The molecule has 1 aromatic carbocycles. The Hall–Kier alpha value is -3.20. The normalized spacial score (nSPS) is 15.9. The number of aromatic nitrogens is 2. The number of ether oxygens (including phenoxy) is 1. The number of rotatable bonds is 6. The van der Waals surface area contributed by atoms with E-state index in [1.165, 1.54) is 10.7 Å².